The first-order valence-corrected chi connectivity index (χ1v) is 8.46. The maximum atomic E-state index is 2.68. The third-order valence-corrected chi connectivity index (χ3v) is 7.57. The Labute approximate surface area is 126 Å². The standard InChI is InChI=1S/3C4H10N.Al.Li/c3*1-3-5-4-2;;/h3*3-4H2,1-2H3;;/q3*-1;+2;+1. The van der Waals surface area contributed by atoms with Gasteiger partial charge in [-0.3, -0.25) is 0 Å². The van der Waals surface area contributed by atoms with E-state index in [1.807, 2.05) is 0 Å². The molecule has 0 aliphatic rings. The van der Waals surface area contributed by atoms with Crippen LogP contribution in [0.5, 0.6) is 0 Å². The van der Waals surface area contributed by atoms with Crippen molar-refractivity contribution in [2.24, 2.45) is 0 Å². The first-order valence-electron chi connectivity index (χ1n) is 6.91. The van der Waals surface area contributed by atoms with Crippen LogP contribution >= 0.6 is 0 Å². The van der Waals surface area contributed by atoms with Crippen molar-refractivity contribution in [1.29, 1.82) is 0 Å². The zero-order chi connectivity index (χ0) is 12.6. The summed E-state index contributed by atoms with van der Waals surface area (Å²) in [5.74, 6) is 0. The van der Waals surface area contributed by atoms with E-state index in [1.165, 1.54) is 39.3 Å². The van der Waals surface area contributed by atoms with Crippen LogP contribution in [0.2, 0.25) is 0 Å². The molecule has 0 amide bonds. The number of nitrogens with zero attached hydrogens (tertiary/aromatic N) is 3. The van der Waals surface area contributed by atoms with Crippen molar-refractivity contribution in [3.63, 3.8) is 0 Å². The first-order chi connectivity index (χ1) is 7.69. The summed E-state index contributed by atoms with van der Waals surface area (Å²) < 4.78 is 8.04. The van der Waals surface area contributed by atoms with E-state index in [0.717, 1.165) is 0 Å². The predicted octanol–water partition coefficient (Wildman–Crippen LogP) is -0.999. The van der Waals surface area contributed by atoms with Crippen molar-refractivity contribution in [2.45, 2.75) is 41.5 Å². The normalized spacial score (nSPS) is 11.6. The van der Waals surface area contributed by atoms with Crippen molar-refractivity contribution in [1.82, 2.24) is 11.7 Å². The van der Waals surface area contributed by atoms with Gasteiger partial charge in [0.2, 0.25) is 0 Å². The summed E-state index contributed by atoms with van der Waals surface area (Å²) in [6.45, 7) is 20.8. The molecule has 0 fully saturated rings. The summed E-state index contributed by atoms with van der Waals surface area (Å²) in [5, 5.41) is 0. The van der Waals surface area contributed by atoms with E-state index < -0.39 is 14.8 Å². The molecular weight excluding hydrogens is 220 g/mol. The number of rotatable bonds is 9. The van der Waals surface area contributed by atoms with Crippen molar-refractivity contribution < 1.29 is 18.9 Å². The van der Waals surface area contributed by atoms with Gasteiger partial charge in [0.05, 0.1) is 0 Å². The van der Waals surface area contributed by atoms with Gasteiger partial charge in [-0.25, -0.2) is 0 Å². The quantitative estimate of drug-likeness (QED) is 0.486. The zero-order valence-corrected chi connectivity index (χ0v) is 14.3. The number of hydrogen-bond acceptors (Lipinski definition) is 3. The van der Waals surface area contributed by atoms with E-state index in [-0.39, 0.29) is 18.9 Å². The number of hydrogen-bond donors (Lipinski definition) is 0. The zero-order valence-electron chi connectivity index (χ0n) is 13.2. The maximum absolute atomic E-state index is 2.68. The van der Waals surface area contributed by atoms with Gasteiger partial charge in [-0.2, -0.15) is 0 Å². The molecule has 5 heteroatoms. The fourth-order valence-electron chi connectivity index (χ4n) is 2.34. The van der Waals surface area contributed by atoms with Crippen LogP contribution in [0.25, 0.3) is 0 Å². The predicted molar refractivity (Wildman–Crippen MR) is 74.5 cm³/mol. The van der Waals surface area contributed by atoms with Crippen LogP contribution < -0.4 is 18.9 Å². The average Bonchev–Trinajstić information content (AvgIpc) is 2.33. The van der Waals surface area contributed by atoms with E-state index in [9.17, 15) is 0 Å². The minimum Gasteiger partial charge on any atom is -0.510 e. The average molecular weight is 250 g/mol. The van der Waals surface area contributed by atoms with Crippen molar-refractivity contribution in [2.75, 3.05) is 39.3 Å². The van der Waals surface area contributed by atoms with Crippen LogP contribution in [0.3, 0.4) is 0 Å². The summed E-state index contributed by atoms with van der Waals surface area (Å²) in [6.07, 6.45) is 0. The Morgan fingerprint density at radius 3 is 0.824 bits per heavy atom. The minimum atomic E-state index is -1.08. The van der Waals surface area contributed by atoms with Crippen molar-refractivity contribution >= 4 is 14.8 Å². The molecular formula is C12H30AlLiN3. The Morgan fingerprint density at radius 2 is 0.706 bits per heavy atom. The van der Waals surface area contributed by atoms with Gasteiger partial charge in [0.25, 0.3) is 14.8 Å². The van der Waals surface area contributed by atoms with Crippen molar-refractivity contribution in [3.8, 4) is 0 Å². The van der Waals surface area contributed by atoms with Crippen LogP contribution in [0.4, 0.5) is 0 Å². The molecule has 0 saturated carbocycles. The molecule has 0 bridgehead atoms. The molecule has 0 rings (SSSR count). The summed E-state index contributed by atoms with van der Waals surface area (Å²) >= 11 is -1.08. The molecule has 3 nitrogen and oxygen atoms in total. The van der Waals surface area contributed by atoms with Crippen LogP contribution in [0, 0.1) is 0 Å². The summed E-state index contributed by atoms with van der Waals surface area (Å²) in [6, 6.07) is 0. The molecule has 97 valence electrons. The molecule has 0 aromatic carbocycles. The van der Waals surface area contributed by atoms with Crippen LogP contribution in [0.15, 0.2) is 0 Å². The molecule has 0 unspecified atom stereocenters. The second kappa shape index (κ2) is 12.1. The maximum Gasteiger partial charge on any atom is 1.00 e. The minimum absolute atomic E-state index is 0. The Bertz CT molecular complexity index is 131. The molecule has 0 heterocycles. The molecule has 1 radical (unpaired) electrons. The smallest absolute Gasteiger partial charge is 0.510 e. The molecule has 0 aliphatic carbocycles. The molecule has 0 N–H and O–H groups in total. The Kier molecular flexibility index (Phi) is 14.4. The Balaban J connectivity index is 0. The van der Waals surface area contributed by atoms with E-state index in [4.69, 9.17) is 0 Å². The third-order valence-electron chi connectivity index (χ3n) is 3.42. The molecule has 0 aromatic heterocycles. The largest absolute Gasteiger partial charge is 1.00 e. The van der Waals surface area contributed by atoms with Gasteiger partial charge < -0.3 is 11.7 Å². The summed E-state index contributed by atoms with van der Waals surface area (Å²) in [4.78, 5) is 0. The van der Waals surface area contributed by atoms with Gasteiger partial charge in [-0.1, -0.05) is 80.8 Å². The van der Waals surface area contributed by atoms with Gasteiger partial charge >= 0.3 is 18.9 Å². The van der Waals surface area contributed by atoms with Crippen LogP contribution in [-0.2, 0) is 0 Å². The fraction of sp³-hybridized carbons (Fsp3) is 1.00. The second-order valence-corrected chi connectivity index (χ2v) is 6.89. The van der Waals surface area contributed by atoms with Gasteiger partial charge in [-0.05, 0) is 0 Å². The summed E-state index contributed by atoms with van der Waals surface area (Å²) in [7, 11) is 0. The van der Waals surface area contributed by atoms with Gasteiger partial charge in [0.1, 0.15) is 0 Å². The van der Waals surface area contributed by atoms with Crippen LogP contribution in [-0.4, -0.2) is 65.7 Å². The molecule has 0 aliphatic heterocycles. The van der Waals surface area contributed by atoms with Gasteiger partial charge in [-0.15, -0.1) is 0 Å². The third kappa shape index (κ3) is 6.13. The van der Waals surface area contributed by atoms with Gasteiger partial charge in [0, 0.05) is 0 Å². The SMILES string of the molecule is CC[N](CC)[Al-]([N](CC)CC)[N](CC)CC.[Li+]. The molecule has 0 atom stereocenters. The molecule has 0 aromatic rings. The molecule has 17 heavy (non-hydrogen) atoms. The van der Waals surface area contributed by atoms with E-state index in [1.54, 1.807) is 0 Å². The fourth-order valence-corrected chi connectivity index (χ4v) is 5.69. The van der Waals surface area contributed by atoms with E-state index >= 15 is 0 Å². The van der Waals surface area contributed by atoms with E-state index in [0.29, 0.717) is 0 Å². The van der Waals surface area contributed by atoms with E-state index in [2.05, 4.69) is 53.2 Å². The van der Waals surface area contributed by atoms with Crippen molar-refractivity contribution in [3.05, 3.63) is 0 Å². The second-order valence-electron chi connectivity index (χ2n) is 4.01. The monoisotopic (exact) mass is 250 g/mol. The van der Waals surface area contributed by atoms with Gasteiger partial charge in [0.15, 0.2) is 0 Å². The first kappa shape index (κ1) is 20.3. The Hall–Kier alpha value is 1.01. The topological polar surface area (TPSA) is 9.72 Å². The Morgan fingerprint density at radius 1 is 0.529 bits per heavy atom. The molecule has 0 spiro atoms. The molecule has 0 saturated heterocycles. The summed E-state index contributed by atoms with van der Waals surface area (Å²) in [5.41, 5.74) is 0. The van der Waals surface area contributed by atoms with Crippen LogP contribution in [0.1, 0.15) is 41.5 Å².